The first-order valence-corrected chi connectivity index (χ1v) is 7.68. The molecule has 1 fully saturated rings. The summed E-state index contributed by atoms with van der Waals surface area (Å²) < 4.78 is 7.73. The zero-order chi connectivity index (χ0) is 14.8. The summed E-state index contributed by atoms with van der Waals surface area (Å²) in [4.78, 5) is 6.72. The highest BCUT2D eigenvalue weighted by Gasteiger charge is 2.22. The molecule has 21 heavy (non-hydrogen) atoms. The summed E-state index contributed by atoms with van der Waals surface area (Å²) >= 11 is 0. The quantitative estimate of drug-likeness (QED) is 0.621. The van der Waals surface area contributed by atoms with Gasteiger partial charge >= 0.3 is 0 Å². The maximum atomic E-state index is 6.12. The molecule has 116 valence electrons. The third kappa shape index (κ3) is 3.18. The molecule has 0 aliphatic carbocycles. The summed E-state index contributed by atoms with van der Waals surface area (Å²) in [6.45, 7) is 8.18. The first-order chi connectivity index (χ1) is 10.1. The van der Waals surface area contributed by atoms with Gasteiger partial charge in [0, 0.05) is 32.6 Å². The van der Waals surface area contributed by atoms with Crippen LogP contribution in [0.5, 0.6) is 0 Å². The lowest BCUT2D eigenvalue weighted by Gasteiger charge is -2.32. The van der Waals surface area contributed by atoms with Crippen LogP contribution >= 0.6 is 0 Å². The highest BCUT2D eigenvalue weighted by molar-refractivity contribution is 5.78. The van der Waals surface area contributed by atoms with Gasteiger partial charge in [0.1, 0.15) is 11.6 Å². The van der Waals surface area contributed by atoms with Crippen molar-refractivity contribution < 1.29 is 4.74 Å². The molecular formula is C14H24N6O. The number of aromatic nitrogens is 3. The molecule has 2 atom stereocenters. The van der Waals surface area contributed by atoms with Crippen LogP contribution in [0.25, 0.3) is 0 Å². The summed E-state index contributed by atoms with van der Waals surface area (Å²) in [6.07, 6.45) is 2.31. The minimum Gasteiger partial charge on any atom is -0.375 e. The molecular weight excluding hydrogens is 268 g/mol. The Morgan fingerprint density at radius 3 is 3.10 bits per heavy atom. The minimum atomic E-state index is 0.226. The normalized spacial score (nSPS) is 26.8. The molecule has 3 rings (SSSR count). The lowest BCUT2D eigenvalue weighted by Crippen LogP contribution is -2.48. The summed E-state index contributed by atoms with van der Waals surface area (Å²) in [5, 5.41) is 8.34. The maximum absolute atomic E-state index is 6.12. The first kappa shape index (κ1) is 14.3. The van der Waals surface area contributed by atoms with Gasteiger partial charge in [-0.25, -0.2) is 0 Å². The highest BCUT2D eigenvalue weighted by Crippen LogP contribution is 2.20. The third-order valence-corrected chi connectivity index (χ3v) is 4.31. The molecule has 0 radical (unpaired) electrons. The van der Waals surface area contributed by atoms with Crippen LogP contribution in [0.2, 0.25) is 0 Å². The molecule has 2 N–H and O–H groups in total. The van der Waals surface area contributed by atoms with E-state index in [0.717, 1.165) is 57.3 Å². The van der Waals surface area contributed by atoms with Gasteiger partial charge in [-0.3, -0.25) is 4.99 Å². The fraction of sp³-hybridized carbons (Fsp3) is 0.786. The number of aliphatic imine (C=N–C) groups is 1. The Hall–Kier alpha value is -1.63. The smallest absolute Gasteiger partial charge is 0.191 e. The van der Waals surface area contributed by atoms with Crippen molar-refractivity contribution in [3.63, 3.8) is 0 Å². The van der Waals surface area contributed by atoms with E-state index in [9.17, 15) is 0 Å². The van der Waals surface area contributed by atoms with Crippen LogP contribution in [-0.2, 0) is 17.7 Å². The topological polar surface area (TPSA) is 81.6 Å². The van der Waals surface area contributed by atoms with Crippen LogP contribution in [-0.4, -0.2) is 58.0 Å². The Bertz CT molecular complexity index is 526. The number of guanidine groups is 1. The molecule has 1 aromatic rings. The van der Waals surface area contributed by atoms with Crippen molar-refractivity contribution in [1.29, 1.82) is 0 Å². The van der Waals surface area contributed by atoms with Gasteiger partial charge in [-0.15, -0.1) is 10.2 Å². The Kier molecular flexibility index (Phi) is 4.10. The van der Waals surface area contributed by atoms with Gasteiger partial charge in [-0.1, -0.05) is 0 Å². The van der Waals surface area contributed by atoms with Crippen molar-refractivity contribution in [1.82, 2.24) is 19.7 Å². The summed E-state index contributed by atoms with van der Waals surface area (Å²) in [5.74, 6) is 3.26. The molecule has 0 aromatic carbocycles. The molecule has 2 aliphatic heterocycles. The van der Waals surface area contributed by atoms with Gasteiger partial charge in [-0.05, 0) is 26.2 Å². The molecule has 1 aromatic heterocycles. The second-order valence-corrected chi connectivity index (χ2v) is 6.01. The van der Waals surface area contributed by atoms with E-state index in [-0.39, 0.29) is 6.10 Å². The Balaban J connectivity index is 1.57. The predicted octanol–water partition coefficient (Wildman–Crippen LogP) is 0.184. The van der Waals surface area contributed by atoms with E-state index < -0.39 is 0 Å². The molecule has 0 bridgehead atoms. The van der Waals surface area contributed by atoms with Crippen LogP contribution < -0.4 is 5.73 Å². The SMILES string of the molecule is Cc1nnc2n1CC(CN=C(N)N1CCOC(C)C1)CC2. The van der Waals surface area contributed by atoms with Gasteiger partial charge in [0.15, 0.2) is 5.96 Å². The van der Waals surface area contributed by atoms with Crippen molar-refractivity contribution >= 4 is 5.96 Å². The maximum Gasteiger partial charge on any atom is 0.191 e. The molecule has 3 heterocycles. The van der Waals surface area contributed by atoms with E-state index in [2.05, 4.69) is 31.6 Å². The largest absolute Gasteiger partial charge is 0.375 e. The number of rotatable bonds is 2. The summed E-state index contributed by atoms with van der Waals surface area (Å²) in [5.41, 5.74) is 6.12. The van der Waals surface area contributed by atoms with Crippen molar-refractivity contribution in [2.24, 2.45) is 16.6 Å². The number of fused-ring (bicyclic) bond motifs is 1. The lowest BCUT2D eigenvalue weighted by molar-refractivity contribution is 0.00526. The zero-order valence-electron chi connectivity index (χ0n) is 12.8. The fourth-order valence-electron chi connectivity index (χ4n) is 3.03. The molecule has 2 unspecified atom stereocenters. The lowest BCUT2D eigenvalue weighted by atomic mass is 9.99. The van der Waals surface area contributed by atoms with Crippen LogP contribution in [0.4, 0.5) is 0 Å². The van der Waals surface area contributed by atoms with E-state index in [1.165, 1.54) is 0 Å². The fourth-order valence-corrected chi connectivity index (χ4v) is 3.03. The van der Waals surface area contributed by atoms with Gasteiger partial charge < -0.3 is 19.9 Å². The van der Waals surface area contributed by atoms with Crippen LogP contribution in [0.1, 0.15) is 25.0 Å². The second kappa shape index (κ2) is 6.01. The van der Waals surface area contributed by atoms with E-state index >= 15 is 0 Å². The van der Waals surface area contributed by atoms with Crippen LogP contribution in [0.15, 0.2) is 4.99 Å². The Morgan fingerprint density at radius 2 is 2.29 bits per heavy atom. The number of hydrogen-bond donors (Lipinski definition) is 1. The molecule has 0 amide bonds. The van der Waals surface area contributed by atoms with Gasteiger partial charge in [0.25, 0.3) is 0 Å². The number of nitrogens with zero attached hydrogens (tertiary/aromatic N) is 5. The number of nitrogens with two attached hydrogens (primary N) is 1. The molecule has 7 heteroatoms. The number of morpholine rings is 1. The van der Waals surface area contributed by atoms with E-state index in [1.54, 1.807) is 0 Å². The summed E-state index contributed by atoms with van der Waals surface area (Å²) in [7, 11) is 0. The standard InChI is InChI=1S/C14H24N6O/c1-10-8-19(5-6-21-10)14(15)16-7-12-3-4-13-18-17-11(2)20(13)9-12/h10,12H,3-9H2,1-2H3,(H2,15,16). The Labute approximate surface area is 125 Å². The van der Waals surface area contributed by atoms with Crippen LogP contribution in [0, 0.1) is 12.8 Å². The average molecular weight is 292 g/mol. The van der Waals surface area contributed by atoms with Crippen LogP contribution in [0.3, 0.4) is 0 Å². The average Bonchev–Trinajstić information content (AvgIpc) is 2.86. The highest BCUT2D eigenvalue weighted by atomic mass is 16.5. The van der Waals surface area contributed by atoms with E-state index in [1.807, 2.05) is 6.92 Å². The number of ether oxygens (including phenoxy) is 1. The molecule has 2 aliphatic rings. The number of hydrogen-bond acceptors (Lipinski definition) is 4. The minimum absolute atomic E-state index is 0.226. The monoisotopic (exact) mass is 292 g/mol. The number of aryl methyl sites for hydroxylation is 2. The van der Waals surface area contributed by atoms with Crippen molar-refractivity contribution in [2.75, 3.05) is 26.2 Å². The Morgan fingerprint density at radius 1 is 1.43 bits per heavy atom. The van der Waals surface area contributed by atoms with Gasteiger partial charge in [0.2, 0.25) is 0 Å². The summed E-state index contributed by atoms with van der Waals surface area (Å²) in [6, 6.07) is 0. The zero-order valence-corrected chi connectivity index (χ0v) is 12.8. The van der Waals surface area contributed by atoms with Crippen molar-refractivity contribution in [3.05, 3.63) is 11.6 Å². The van der Waals surface area contributed by atoms with Crippen molar-refractivity contribution in [3.8, 4) is 0 Å². The van der Waals surface area contributed by atoms with E-state index in [4.69, 9.17) is 10.5 Å². The van der Waals surface area contributed by atoms with Gasteiger partial charge in [0.05, 0.1) is 12.7 Å². The van der Waals surface area contributed by atoms with Gasteiger partial charge in [-0.2, -0.15) is 0 Å². The third-order valence-electron chi connectivity index (χ3n) is 4.31. The predicted molar refractivity (Wildman–Crippen MR) is 80.0 cm³/mol. The first-order valence-electron chi connectivity index (χ1n) is 7.68. The van der Waals surface area contributed by atoms with Crippen molar-refractivity contribution in [2.45, 2.75) is 39.3 Å². The molecule has 1 saturated heterocycles. The molecule has 0 saturated carbocycles. The molecule has 7 nitrogen and oxygen atoms in total. The van der Waals surface area contributed by atoms with E-state index in [0.29, 0.717) is 11.9 Å². The second-order valence-electron chi connectivity index (χ2n) is 6.01. The molecule has 0 spiro atoms.